The van der Waals surface area contributed by atoms with Gasteiger partial charge < -0.3 is 15.6 Å². The number of anilines is 1. The number of thiophene rings is 1. The van der Waals surface area contributed by atoms with Crippen molar-refractivity contribution in [1.29, 1.82) is 0 Å². The molecule has 0 radical (unpaired) electrons. The lowest BCUT2D eigenvalue weighted by molar-refractivity contribution is -0.118. The quantitative estimate of drug-likeness (QED) is 0.736. The fraction of sp³-hybridized carbons (Fsp3) is 0.167. The number of aromatic nitrogens is 1. The minimum absolute atomic E-state index is 0.202. The molecule has 1 aliphatic rings. The highest BCUT2D eigenvalue weighted by molar-refractivity contribution is 7.13. The van der Waals surface area contributed by atoms with Crippen molar-refractivity contribution in [2.45, 2.75) is 18.3 Å². The molecule has 1 aliphatic carbocycles. The fourth-order valence-corrected chi connectivity index (χ4v) is 3.48. The number of amides is 2. The third kappa shape index (κ3) is 2.72. The van der Waals surface area contributed by atoms with Crippen LogP contribution in [0.1, 0.15) is 28.9 Å². The van der Waals surface area contributed by atoms with Crippen LogP contribution in [0, 0.1) is 0 Å². The SMILES string of the molecule is NC(=O)c1ccccc1NC(=O)C1(c2cc(-c3cccs3)on2)CC1. The summed E-state index contributed by atoms with van der Waals surface area (Å²) in [5.41, 5.74) is 5.97. The van der Waals surface area contributed by atoms with Crippen molar-refractivity contribution >= 4 is 28.8 Å². The van der Waals surface area contributed by atoms with E-state index in [2.05, 4.69) is 10.5 Å². The maximum atomic E-state index is 12.8. The molecule has 126 valence electrons. The van der Waals surface area contributed by atoms with Crippen LogP contribution in [0.3, 0.4) is 0 Å². The summed E-state index contributed by atoms with van der Waals surface area (Å²) >= 11 is 1.55. The number of carbonyl (C=O) groups is 2. The summed E-state index contributed by atoms with van der Waals surface area (Å²) < 4.78 is 5.40. The van der Waals surface area contributed by atoms with E-state index < -0.39 is 11.3 Å². The van der Waals surface area contributed by atoms with Crippen LogP contribution in [-0.4, -0.2) is 17.0 Å². The smallest absolute Gasteiger partial charge is 0.250 e. The van der Waals surface area contributed by atoms with Crippen molar-refractivity contribution in [3.05, 3.63) is 59.1 Å². The summed E-state index contributed by atoms with van der Waals surface area (Å²) in [5.74, 6) is -0.129. The number of para-hydroxylation sites is 1. The second-order valence-electron chi connectivity index (χ2n) is 6.00. The first-order valence-electron chi connectivity index (χ1n) is 7.81. The monoisotopic (exact) mass is 353 g/mol. The number of carbonyl (C=O) groups excluding carboxylic acids is 2. The van der Waals surface area contributed by atoms with Crippen LogP contribution >= 0.6 is 11.3 Å². The normalized spacial score (nSPS) is 14.9. The predicted octanol–water partition coefficient (Wildman–Crippen LogP) is 3.17. The molecule has 1 saturated carbocycles. The molecule has 2 heterocycles. The van der Waals surface area contributed by atoms with Gasteiger partial charge in [0.15, 0.2) is 5.76 Å². The van der Waals surface area contributed by atoms with Gasteiger partial charge in [0.1, 0.15) is 0 Å². The molecular weight excluding hydrogens is 338 g/mol. The molecule has 7 heteroatoms. The number of benzene rings is 1. The number of nitrogens with one attached hydrogen (secondary N) is 1. The number of nitrogens with zero attached hydrogens (tertiary/aromatic N) is 1. The Bertz CT molecular complexity index is 942. The van der Waals surface area contributed by atoms with Gasteiger partial charge in [-0.05, 0) is 36.4 Å². The third-order valence-electron chi connectivity index (χ3n) is 4.39. The molecule has 2 aromatic heterocycles. The zero-order valence-corrected chi connectivity index (χ0v) is 14.0. The van der Waals surface area contributed by atoms with Crippen LogP contribution in [0.4, 0.5) is 5.69 Å². The lowest BCUT2D eigenvalue weighted by atomic mass is 10.0. The Morgan fingerprint density at radius 1 is 1.20 bits per heavy atom. The van der Waals surface area contributed by atoms with Gasteiger partial charge in [0.25, 0.3) is 5.91 Å². The highest BCUT2D eigenvalue weighted by Crippen LogP contribution is 2.49. The Labute approximate surface area is 147 Å². The predicted molar refractivity (Wildman–Crippen MR) is 94.3 cm³/mol. The van der Waals surface area contributed by atoms with E-state index in [9.17, 15) is 9.59 Å². The van der Waals surface area contributed by atoms with E-state index in [0.717, 1.165) is 4.88 Å². The van der Waals surface area contributed by atoms with Gasteiger partial charge in [-0.2, -0.15) is 0 Å². The van der Waals surface area contributed by atoms with Crippen LogP contribution < -0.4 is 11.1 Å². The van der Waals surface area contributed by atoms with Crippen LogP contribution in [0.2, 0.25) is 0 Å². The van der Waals surface area contributed by atoms with E-state index in [-0.39, 0.29) is 11.5 Å². The largest absolute Gasteiger partial charge is 0.366 e. The molecule has 0 saturated heterocycles. The van der Waals surface area contributed by atoms with Gasteiger partial charge in [0, 0.05) is 6.07 Å². The molecule has 1 fully saturated rings. The molecule has 3 N–H and O–H groups in total. The van der Waals surface area contributed by atoms with E-state index in [0.29, 0.717) is 30.0 Å². The fourth-order valence-electron chi connectivity index (χ4n) is 2.81. The standard InChI is InChI=1S/C18H15N3O3S/c19-16(22)11-4-1-2-5-12(11)20-17(23)18(7-8-18)15-10-13(24-21-15)14-6-3-9-25-14/h1-6,9-10H,7-8H2,(H2,19,22)(H,20,23). The molecule has 0 spiro atoms. The van der Waals surface area contributed by atoms with Crippen LogP contribution in [0.25, 0.3) is 10.6 Å². The second-order valence-corrected chi connectivity index (χ2v) is 6.95. The zero-order chi connectivity index (χ0) is 17.4. The Morgan fingerprint density at radius 3 is 2.68 bits per heavy atom. The van der Waals surface area contributed by atoms with Crippen molar-refractivity contribution in [2.24, 2.45) is 5.73 Å². The number of hydrogen-bond acceptors (Lipinski definition) is 5. The average molecular weight is 353 g/mol. The van der Waals surface area contributed by atoms with Crippen molar-refractivity contribution in [2.75, 3.05) is 5.32 Å². The number of hydrogen-bond donors (Lipinski definition) is 2. The maximum absolute atomic E-state index is 12.8. The summed E-state index contributed by atoms with van der Waals surface area (Å²) in [7, 11) is 0. The Balaban J connectivity index is 1.59. The summed E-state index contributed by atoms with van der Waals surface area (Å²) in [6, 6.07) is 12.4. The molecule has 3 aromatic rings. The van der Waals surface area contributed by atoms with Crippen molar-refractivity contribution < 1.29 is 14.1 Å². The first-order valence-corrected chi connectivity index (χ1v) is 8.69. The first kappa shape index (κ1) is 15.6. The van der Waals surface area contributed by atoms with Gasteiger partial charge in [0.05, 0.1) is 27.2 Å². The third-order valence-corrected chi connectivity index (χ3v) is 5.27. The van der Waals surface area contributed by atoms with Gasteiger partial charge in [-0.3, -0.25) is 9.59 Å². The van der Waals surface area contributed by atoms with Gasteiger partial charge >= 0.3 is 0 Å². The zero-order valence-electron chi connectivity index (χ0n) is 13.2. The molecule has 0 aliphatic heterocycles. The molecule has 4 rings (SSSR count). The highest BCUT2D eigenvalue weighted by atomic mass is 32.1. The number of nitrogens with two attached hydrogens (primary N) is 1. The average Bonchev–Trinajstić information content (AvgIpc) is 3.02. The molecule has 1 aromatic carbocycles. The molecule has 6 nitrogen and oxygen atoms in total. The minimum Gasteiger partial charge on any atom is -0.366 e. The van der Waals surface area contributed by atoms with Gasteiger partial charge in [-0.15, -0.1) is 11.3 Å². The lowest BCUT2D eigenvalue weighted by Crippen LogP contribution is -2.29. The van der Waals surface area contributed by atoms with E-state index in [1.165, 1.54) is 0 Å². The lowest BCUT2D eigenvalue weighted by Gasteiger charge is -2.14. The topological polar surface area (TPSA) is 98.2 Å². The van der Waals surface area contributed by atoms with Crippen molar-refractivity contribution in [1.82, 2.24) is 5.16 Å². The van der Waals surface area contributed by atoms with Gasteiger partial charge in [-0.25, -0.2) is 0 Å². The second kappa shape index (κ2) is 5.86. The molecule has 0 unspecified atom stereocenters. The number of rotatable bonds is 5. The molecule has 0 bridgehead atoms. The highest BCUT2D eigenvalue weighted by Gasteiger charge is 2.54. The summed E-state index contributed by atoms with van der Waals surface area (Å²) in [6.07, 6.45) is 1.38. The van der Waals surface area contributed by atoms with E-state index >= 15 is 0 Å². The molecule has 2 amide bonds. The maximum Gasteiger partial charge on any atom is 0.250 e. The van der Waals surface area contributed by atoms with E-state index in [1.54, 1.807) is 35.6 Å². The summed E-state index contributed by atoms with van der Waals surface area (Å²) in [5, 5.41) is 8.88. The number of primary amides is 1. The van der Waals surface area contributed by atoms with E-state index in [1.807, 2.05) is 23.6 Å². The minimum atomic E-state index is -0.705. The Morgan fingerprint density at radius 2 is 2.00 bits per heavy atom. The van der Waals surface area contributed by atoms with Crippen LogP contribution in [0.15, 0.2) is 52.4 Å². The van der Waals surface area contributed by atoms with Crippen molar-refractivity contribution in [3.8, 4) is 10.6 Å². The first-order chi connectivity index (χ1) is 12.1. The Kier molecular flexibility index (Phi) is 3.65. The van der Waals surface area contributed by atoms with Crippen LogP contribution in [-0.2, 0) is 10.2 Å². The summed E-state index contributed by atoms with van der Waals surface area (Å²) in [6.45, 7) is 0. The van der Waals surface area contributed by atoms with Crippen molar-refractivity contribution in [3.63, 3.8) is 0 Å². The van der Waals surface area contributed by atoms with Gasteiger partial charge in [-0.1, -0.05) is 23.4 Å². The molecule has 0 atom stereocenters. The van der Waals surface area contributed by atoms with Gasteiger partial charge in [0.2, 0.25) is 5.91 Å². The summed E-state index contributed by atoms with van der Waals surface area (Å²) in [4.78, 5) is 25.3. The van der Waals surface area contributed by atoms with E-state index in [4.69, 9.17) is 10.3 Å². The van der Waals surface area contributed by atoms with Crippen LogP contribution in [0.5, 0.6) is 0 Å². The Hall–Kier alpha value is -2.93. The molecular formula is C18H15N3O3S. The molecule has 25 heavy (non-hydrogen) atoms.